The Kier molecular flexibility index (Phi) is 4.00. The third kappa shape index (κ3) is 2.78. The van der Waals surface area contributed by atoms with E-state index in [1.54, 1.807) is 5.32 Å². The Bertz CT molecular complexity index is 554. The summed E-state index contributed by atoms with van der Waals surface area (Å²) >= 11 is 0.955. The number of carbonyl (C=O) groups excluding carboxylic acids is 2. The maximum absolute atomic E-state index is 12.3. The molecule has 0 fully saturated rings. The molecule has 5 nitrogen and oxygen atoms in total. The van der Waals surface area contributed by atoms with Crippen molar-refractivity contribution in [3.8, 4) is 0 Å². The number of fused-ring (bicyclic) bond motifs is 1. The molecule has 1 aromatic rings. The molecule has 9 heteroatoms. The highest BCUT2D eigenvalue weighted by atomic mass is 32.1. The van der Waals surface area contributed by atoms with Crippen LogP contribution >= 0.6 is 11.3 Å². The number of rotatable bonds is 2. The fourth-order valence-corrected chi connectivity index (χ4v) is 3.12. The minimum atomic E-state index is -5.00. The van der Waals surface area contributed by atoms with E-state index >= 15 is 0 Å². The number of carbonyl (C=O) groups is 2. The molecule has 110 valence electrons. The van der Waals surface area contributed by atoms with Crippen LogP contribution in [0.25, 0.3) is 0 Å². The van der Waals surface area contributed by atoms with Crippen molar-refractivity contribution in [3.05, 3.63) is 16.0 Å². The van der Waals surface area contributed by atoms with Gasteiger partial charge in [0, 0.05) is 11.4 Å². The van der Waals surface area contributed by atoms with Crippen LogP contribution in [0.1, 0.15) is 20.8 Å². The number of ether oxygens (including phenoxy) is 1. The monoisotopic (exact) mass is 308 g/mol. The first kappa shape index (κ1) is 14.8. The summed E-state index contributed by atoms with van der Waals surface area (Å²) in [4.78, 5) is 23.5. The van der Waals surface area contributed by atoms with Gasteiger partial charge in [-0.3, -0.25) is 4.79 Å². The fourth-order valence-electron chi connectivity index (χ4n) is 1.91. The zero-order valence-corrected chi connectivity index (χ0v) is 11.2. The van der Waals surface area contributed by atoms with Crippen LogP contribution in [0.15, 0.2) is 0 Å². The van der Waals surface area contributed by atoms with Crippen LogP contribution in [-0.4, -0.2) is 31.7 Å². The molecule has 0 atom stereocenters. The summed E-state index contributed by atoms with van der Waals surface area (Å²) in [5.74, 6) is -2.85. The first-order valence-electron chi connectivity index (χ1n) is 5.66. The van der Waals surface area contributed by atoms with Crippen LogP contribution in [-0.2, 0) is 22.5 Å². The molecule has 0 radical (unpaired) electrons. The Balaban J connectivity index is 2.39. The summed E-state index contributed by atoms with van der Waals surface area (Å²) in [5, 5.41) is 4.68. The van der Waals surface area contributed by atoms with Crippen molar-refractivity contribution in [2.45, 2.75) is 19.1 Å². The molecule has 1 amide bonds. The van der Waals surface area contributed by atoms with Crippen LogP contribution < -0.4 is 10.6 Å². The molecular formula is C11H11F3N2O3S. The molecule has 2 N–H and O–H groups in total. The summed E-state index contributed by atoms with van der Waals surface area (Å²) in [7, 11) is 1.14. The van der Waals surface area contributed by atoms with Crippen LogP contribution in [0.4, 0.5) is 18.2 Å². The Morgan fingerprint density at radius 1 is 1.40 bits per heavy atom. The molecule has 2 heterocycles. The van der Waals surface area contributed by atoms with E-state index in [0.717, 1.165) is 23.3 Å². The standard InChI is InChI=1S/C11H11F3N2O3S/c1-19-9(17)7-5-2-3-15-4-6(5)20-8(7)16-10(18)11(12,13)14/h15H,2-4H2,1H3,(H,16,18). The molecule has 0 saturated carbocycles. The first-order chi connectivity index (χ1) is 9.34. The Morgan fingerprint density at radius 3 is 2.70 bits per heavy atom. The number of esters is 1. The maximum Gasteiger partial charge on any atom is 0.471 e. The number of nitrogens with one attached hydrogen (secondary N) is 2. The van der Waals surface area contributed by atoms with Gasteiger partial charge in [-0.2, -0.15) is 13.2 Å². The third-order valence-corrected chi connectivity index (χ3v) is 3.95. The zero-order valence-electron chi connectivity index (χ0n) is 10.4. The van der Waals surface area contributed by atoms with Gasteiger partial charge in [-0.15, -0.1) is 11.3 Å². The molecule has 0 bridgehead atoms. The zero-order chi connectivity index (χ0) is 14.9. The SMILES string of the molecule is COC(=O)c1c(NC(=O)C(F)(F)F)sc2c1CCNC2. The lowest BCUT2D eigenvalue weighted by Gasteiger charge is -2.13. The Hall–Kier alpha value is -1.61. The minimum absolute atomic E-state index is 0.0200. The summed E-state index contributed by atoms with van der Waals surface area (Å²) in [5.41, 5.74) is 0.657. The van der Waals surface area contributed by atoms with Crippen LogP contribution in [0, 0.1) is 0 Å². The number of amides is 1. The van der Waals surface area contributed by atoms with Crippen molar-refractivity contribution in [3.63, 3.8) is 0 Å². The van der Waals surface area contributed by atoms with Gasteiger partial charge in [0.15, 0.2) is 0 Å². The molecular weight excluding hydrogens is 297 g/mol. The molecule has 1 aliphatic heterocycles. The lowest BCUT2D eigenvalue weighted by atomic mass is 10.0. The number of thiophene rings is 1. The van der Waals surface area contributed by atoms with E-state index in [0.29, 0.717) is 25.1 Å². The number of alkyl halides is 3. The van der Waals surface area contributed by atoms with E-state index in [2.05, 4.69) is 10.1 Å². The summed E-state index contributed by atoms with van der Waals surface area (Å²) in [6, 6.07) is 0. The lowest BCUT2D eigenvalue weighted by Crippen LogP contribution is -2.30. The van der Waals surface area contributed by atoms with Crippen molar-refractivity contribution in [1.82, 2.24) is 5.32 Å². The van der Waals surface area contributed by atoms with Gasteiger partial charge in [0.2, 0.25) is 0 Å². The summed E-state index contributed by atoms with van der Waals surface area (Å²) in [6.45, 7) is 1.06. The van der Waals surface area contributed by atoms with Gasteiger partial charge in [0.25, 0.3) is 0 Å². The molecule has 0 aliphatic carbocycles. The minimum Gasteiger partial charge on any atom is -0.465 e. The predicted octanol–water partition coefficient (Wildman–Crippen LogP) is 1.68. The van der Waals surface area contributed by atoms with E-state index in [-0.39, 0.29) is 10.6 Å². The van der Waals surface area contributed by atoms with E-state index in [4.69, 9.17) is 0 Å². The van der Waals surface area contributed by atoms with Crippen molar-refractivity contribution in [1.29, 1.82) is 0 Å². The molecule has 0 saturated heterocycles. The molecule has 20 heavy (non-hydrogen) atoms. The molecule has 1 aliphatic rings. The van der Waals surface area contributed by atoms with E-state index in [9.17, 15) is 22.8 Å². The smallest absolute Gasteiger partial charge is 0.465 e. The molecule has 0 aromatic carbocycles. The van der Waals surface area contributed by atoms with Crippen molar-refractivity contribution < 1.29 is 27.5 Å². The Labute approximate surface area is 116 Å². The highest BCUT2D eigenvalue weighted by molar-refractivity contribution is 7.17. The largest absolute Gasteiger partial charge is 0.471 e. The van der Waals surface area contributed by atoms with Crippen molar-refractivity contribution in [2.24, 2.45) is 0 Å². The second-order valence-electron chi connectivity index (χ2n) is 4.08. The number of hydrogen-bond donors (Lipinski definition) is 2. The molecule has 0 spiro atoms. The summed E-state index contributed by atoms with van der Waals surface area (Å²) < 4.78 is 41.5. The van der Waals surface area contributed by atoms with Crippen LogP contribution in [0.2, 0.25) is 0 Å². The first-order valence-corrected chi connectivity index (χ1v) is 6.48. The highest BCUT2D eigenvalue weighted by Crippen LogP contribution is 2.36. The van der Waals surface area contributed by atoms with Gasteiger partial charge < -0.3 is 15.4 Å². The Morgan fingerprint density at radius 2 is 2.10 bits per heavy atom. The van der Waals surface area contributed by atoms with Gasteiger partial charge >= 0.3 is 18.1 Å². The maximum atomic E-state index is 12.3. The third-order valence-electron chi connectivity index (χ3n) is 2.80. The van der Waals surface area contributed by atoms with Gasteiger partial charge in [-0.1, -0.05) is 0 Å². The normalized spacial score (nSPS) is 14.6. The number of hydrogen-bond acceptors (Lipinski definition) is 5. The average Bonchev–Trinajstić information content (AvgIpc) is 2.74. The van der Waals surface area contributed by atoms with Crippen LogP contribution in [0.3, 0.4) is 0 Å². The number of halogens is 3. The fraction of sp³-hybridized carbons (Fsp3) is 0.455. The van der Waals surface area contributed by atoms with Crippen LogP contribution in [0.5, 0.6) is 0 Å². The average molecular weight is 308 g/mol. The summed E-state index contributed by atoms with van der Waals surface area (Å²) in [6.07, 6.45) is -4.51. The predicted molar refractivity (Wildman–Crippen MR) is 65.8 cm³/mol. The van der Waals surface area contributed by atoms with Gasteiger partial charge in [-0.05, 0) is 18.5 Å². The van der Waals surface area contributed by atoms with E-state index < -0.39 is 18.1 Å². The second kappa shape index (κ2) is 5.41. The van der Waals surface area contributed by atoms with E-state index in [1.165, 1.54) is 0 Å². The van der Waals surface area contributed by atoms with E-state index in [1.807, 2.05) is 0 Å². The highest BCUT2D eigenvalue weighted by Gasteiger charge is 2.40. The van der Waals surface area contributed by atoms with Gasteiger partial charge in [0.05, 0.1) is 12.7 Å². The lowest BCUT2D eigenvalue weighted by molar-refractivity contribution is -0.167. The topological polar surface area (TPSA) is 67.4 Å². The molecule has 1 aromatic heterocycles. The van der Waals surface area contributed by atoms with Gasteiger partial charge in [0.1, 0.15) is 5.00 Å². The van der Waals surface area contributed by atoms with Crippen molar-refractivity contribution >= 4 is 28.2 Å². The number of methoxy groups -OCH3 is 1. The second-order valence-corrected chi connectivity index (χ2v) is 5.18. The molecule has 0 unspecified atom stereocenters. The van der Waals surface area contributed by atoms with Crippen molar-refractivity contribution in [2.75, 3.05) is 19.0 Å². The number of anilines is 1. The quantitative estimate of drug-likeness (QED) is 0.816. The van der Waals surface area contributed by atoms with Gasteiger partial charge in [-0.25, -0.2) is 4.79 Å². The molecule has 2 rings (SSSR count).